The number of halogens is 1. The molecular formula is C16H24BrN3O3S. The molecule has 0 aliphatic carbocycles. The molecule has 0 atom stereocenters. The first-order valence-corrected chi connectivity index (χ1v) is 10.6. The minimum absolute atomic E-state index is 0.0325. The molecule has 24 heavy (non-hydrogen) atoms. The molecule has 2 rings (SSSR count). The maximum atomic E-state index is 12.6. The first-order chi connectivity index (χ1) is 11.4. The van der Waals surface area contributed by atoms with Gasteiger partial charge in [0.2, 0.25) is 10.0 Å². The molecule has 0 radical (unpaired) electrons. The zero-order chi connectivity index (χ0) is 17.6. The van der Waals surface area contributed by atoms with E-state index in [0.29, 0.717) is 38.3 Å². The van der Waals surface area contributed by atoms with E-state index in [4.69, 9.17) is 0 Å². The third kappa shape index (κ3) is 5.27. The lowest BCUT2D eigenvalue weighted by atomic mass is 10.2. The fraction of sp³-hybridized carbons (Fsp3) is 0.562. The fourth-order valence-corrected chi connectivity index (χ4v) is 4.35. The van der Waals surface area contributed by atoms with Crippen molar-refractivity contribution in [1.29, 1.82) is 0 Å². The topological polar surface area (TPSA) is 69.7 Å². The Bertz CT molecular complexity index is 643. The highest BCUT2D eigenvalue weighted by atomic mass is 79.9. The number of hydrogen-bond donors (Lipinski definition) is 1. The normalized spacial score (nSPS) is 16.1. The monoisotopic (exact) mass is 417 g/mol. The molecule has 0 unspecified atom stereocenters. The molecule has 1 saturated heterocycles. The summed E-state index contributed by atoms with van der Waals surface area (Å²) >= 11 is 3.35. The van der Waals surface area contributed by atoms with Crippen molar-refractivity contribution >= 4 is 31.9 Å². The maximum absolute atomic E-state index is 12.6. The van der Waals surface area contributed by atoms with Crippen molar-refractivity contribution in [3.05, 3.63) is 34.3 Å². The van der Waals surface area contributed by atoms with Gasteiger partial charge in [0.05, 0.1) is 5.75 Å². The van der Waals surface area contributed by atoms with Crippen LogP contribution in [0.3, 0.4) is 0 Å². The van der Waals surface area contributed by atoms with Gasteiger partial charge in [-0.15, -0.1) is 0 Å². The van der Waals surface area contributed by atoms with Gasteiger partial charge in [-0.2, -0.15) is 4.31 Å². The van der Waals surface area contributed by atoms with E-state index in [1.165, 1.54) is 4.31 Å². The van der Waals surface area contributed by atoms with Crippen LogP contribution in [0.2, 0.25) is 0 Å². The summed E-state index contributed by atoms with van der Waals surface area (Å²) in [6.45, 7) is 5.09. The van der Waals surface area contributed by atoms with E-state index in [2.05, 4.69) is 21.2 Å². The van der Waals surface area contributed by atoms with E-state index >= 15 is 0 Å². The van der Waals surface area contributed by atoms with Gasteiger partial charge >= 0.3 is 0 Å². The first kappa shape index (κ1) is 19.4. The van der Waals surface area contributed by atoms with Crippen LogP contribution < -0.4 is 5.32 Å². The molecule has 1 aliphatic rings. The summed E-state index contributed by atoms with van der Waals surface area (Å²) in [4.78, 5) is 14.3. The van der Waals surface area contributed by atoms with Gasteiger partial charge in [-0.05, 0) is 30.7 Å². The van der Waals surface area contributed by atoms with Crippen LogP contribution >= 0.6 is 15.9 Å². The van der Waals surface area contributed by atoms with Crippen LogP contribution in [0.15, 0.2) is 28.7 Å². The highest BCUT2D eigenvalue weighted by Gasteiger charge is 2.25. The molecule has 6 nitrogen and oxygen atoms in total. The Kier molecular flexibility index (Phi) is 7.21. The van der Waals surface area contributed by atoms with Crippen molar-refractivity contribution in [2.75, 3.05) is 45.0 Å². The lowest BCUT2D eigenvalue weighted by Gasteiger charge is -2.28. The van der Waals surface area contributed by atoms with Gasteiger partial charge in [0.1, 0.15) is 0 Å². The van der Waals surface area contributed by atoms with Gasteiger partial charge in [-0.25, -0.2) is 8.42 Å². The molecule has 1 N–H and O–H groups in total. The lowest BCUT2D eigenvalue weighted by molar-refractivity contribution is 0.0765. The molecule has 1 heterocycles. The molecule has 1 aliphatic heterocycles. The zero-order valence-corrected chi connectivity index (χ0v) is 16.3. The summed E-state index contributed by atoms with van der Waals surface area (Å²) < 4.78 is 27.3. The fourth-order valence-electron chi connectivity index (χ4n) is 2.64. The maximum Gasteiger partial charge on any atom is 0.253 e. The molecule has 1 aromatic rings. The third-order valence-electron chi connectivity index (χ3n) is 3.96. The Hall–Kier alpha value is -0.960. The Balaban J connectivity index is 2.02. The summed E-state index contributed by atoms with van der Waals surface area (Å²) in [5, 5.41) is 3.14. The van der Waals surface area contributed by atoms with Gasteiger partial charge < -0.3 is 10.2 Å². The lowest BCUT2D eigenvalue weighted by Crippen LogP contribution is -2.48. The molecule has 1 aromatic carbocycles. The molecular weight excluding hydrogens is 394 g/mol. The minimum atomic E-state index is -3.33. The second kappa shape index (κ2) is 8.94. The third-order valence-corrected chi connectivity index (χ3v) is 6.34. The summed E-state index contributed by atoms with van der Waals surface area (Å²) in [5.74, 6) is -0.158. The number of nitrogens with zero attached hydrogens (tertiary/aromatic N) is 2. The minimum Gasteiger partial charge on any atom is -0.338 e. The predicted octanol–water partition coefficient (Wildman–Crippen LogP) is 1.54. The van der Waals surface area contributed by atoms with Crippen molar-refractivity contribution in [1.82, 2.24) is 14.5 Å². The molecule has 134 valence electrons. The Morgan fingerprint density at radius 2 is 1.83 bits per heavy atom. The number of benzene rings is 1. The number of hydrogen-bond acceptors (Lipinski definition) is 4. The Morgan fingerprint density at radius 3 is 2.42 bits per heavy atom. The van der Waals surface area contributed by atoms with Crippen LogP contribution in [0.1, 0.15) is 23.7 Å². The smallest absolute Gasteiger partial charge is 0.253 e. The summed E-state index contributed by atoms with van der Waals surface area (Å²) in [6, 6.07) is 7.13. The van der Waals surface area contributed by atoms with Gasteiger partial charge in [0, 0.05) is 49.3 Å². The standard InChI is InChI=1S/C16H24BrN3O3S/c1-2-9-19(16(21)14-3-5-15(17)6-4-14)12-13-24(22,23)20-10-7-18-8-11-20/h3-6,18H,2,7-13H2,1H3. The van der Waals surface area contributed by atoms with E-state index in [9.17, 15) is 13.2 Å². The largest absolute Gasteiger partial charge is 0.338 e. The van der Waals surface area contributed by atoms with Crippen molar-refractivity contribution in [2.24, 2.45) is 0 Å². The van der Waals surface area contributed by atoms with Crippen LogP contribution in [-0.2, 0) is 10.0 Å². The second-order valence-electron chi connectivity index (χ2n) is 5.76. The highest BCUT2D eigenvalue weighted by molar-refractivity contribution is 9.10. The van der Waals surface area contributed by atoms with Crippen LogP contribution in [0.5, 0.6) is 0 Å². The number of piperazine rings is 1. The molecule has 0 aromatic heterocycles. The highest BCUT2D eigenvalue weighted by Crippen LogP contribution is 2.13. The van der Waals surface area contributed by atoms with E-state index in [1.54, 1.807) is 17.0 Å². The summed E-state index contributed by atoms with van der Waals surface area (Å²) in [7, 11) is -3.33. The number of sulfonamides is 1. The van der Waals surface area contributed by atoms with Crippen LogP contribution in [0, 0.1) is 0 Å². The van der Waals surface area contributed by atoms with E-state index in [0.717, 1.165) is 10.9 Å². The molecule has 0 saturated carbocycles. The molecule has 8 heteroatoms. The van der Waals surface area contributed by atoms with Crippen LogP contribution in [0.4, 0.5) is 0 Å². The van der Waals surface area contributed by atoms with Gasteiger partial charge in [-0.3, -0.25) is 4.79 Å². The van der Waals surface area contributed by atoms with Gasteiger partial charge in [0.15, 0.2) is 0 Å². The van der Waals surface area contributed by atoms with E-state index in [-0.39, 0.29) is 18.2 Å². The zero-order valence-electron chi connectivity index (χ0n) is 13.9. The van der Waals surface area contributed by atoms with Crippen molar-refractivity contribution in [2.45, 2.75) is 13.3 Å². The molecule has 1 fully saturated rings. The van der Waals surface area contributed by atoms with E-state index in [1.807, 2.05) is 19.1 Å². The average molecular weight is 418 g/mol. The quantitative estimate of drug-likeness (QED) is 0.730. The SMILES string of the molecule is CCCN(CCS(=O)(=O)N1CCNCC1)C(=O)c1ccc(Br)cc1. The average Bonchev–Trinajstić information content (AvgIpc) is 2.59. The summed E-state index contributed by atoms with van der Waals surface area (Å²) in [5.41, 5.74) is 0.575. The van der Waals surface area contributed by atoms with Crippen LogP contribution in [-0.4, -0.2) is 68.6 Å². The van der Waals surface area contributed by atoms with Crippen molar-refractivity contribution in [3.63, 3.8) is 0 Å². The van der Waals surface area contributed by atoms with E-state index < -0.39 is 10.0 Å². The van der Waals surface area contributed by atoms with Crippen molar-refractivity contribution < 1.29 is 13.2 Å². The molecule has 0 bridgehead atoms. The second-order valence-corrected chi connectivity index (χ2v) is 8.77. The molecule has 1 amide bonds. The number of amides is 1. The molecule has 0 spiro atoms. The van der Waals surface area contributed by atoms with Gasteiger partial charge in [-0.1, -0.05) is 22.9 Å². The number of rotatable bonds is 7. The van der Waals surface area contributed by atoms with Crippen LogP contribution in [0.25, 0.3) is 0 Å². The predicted molar refractivity (Wildman–Crippen MR) is 98.6 cm³/mol. The first-order valence-electron chi connectivity index (χ1n) is 8.17. The van der Waals surface area contributed by atoms with Crippen molar-refractivity contribution in [3.8, 4) is 0 Å². The number of nitrogens with one attached hydrogen (secondary N) is 1. The summed E-state index contributed by atoms with van der Waals surface area (Å²) in [6.07, 6.45) is 0.788. The number of carbonyl (C=O) groups is 1. The van der Waals surface area contributed by atoms with Gasteiger partial charge in [0.25, 0.3) is 5.91 Å². The Labute approximate surface area is 152 Å². The Morgan fingerprint density at radius 1 is 1.21 bits per heavy atom. The number of carbonyl (C=O) groups excluding carboxylic acids is 1.